The van der Waals surface area contributed by atoms with Crippen LogP contribution in [-0.4, -0.2) is 26.3 Å². The molecule has 5 nitrogen and oxygen atoms in total. The Bertz CT molecular complexity index is 1210. The Labute approximate surface area is 223 Å². The van der Waals surface area contributed by atoms with Crippen molar-refractivity contribution in [3.63, 3.8) is 0 Å². The Morgan fingerprint density at radius 1 is 1.11 bits per heavy atom. The SMILES string of the molecule is CCC(=O)C(C)c1ccc(C(F)(F)F)cc1.CCCC1(CC)CCc2cc(-c3ncccn3)c(C)nc2N1. The van der Waals surface area contributed by atoms with Crippen molar-refractivity contribution in [2.75, 3.05) is 5.32 Å². The molecule has 2 unspecified atom stereocenters. The van der Waals surface area contributed by atoms with E-state index in [2.05, 4.69) is 35.2 Å². The number of fused-ring (bicyclic) bond motifs is 1. The molecular weight excluding hydrogens is 489 g/mol. The minimum absolute atomic E-state index is 0.0276. The lowest BCUT2D eigenvalue weighted by molar-refractivity contribution is -0.137. The van der Waals surface area contributed by atoms with Gasteiger partial charge < -0.3 is 5.32 Å². The molecular formula is C30H37F3N4O. The van der Waals surface area contributed by atoms with Gasteiger partial charge in [0.05, 0.1) is 11.3 Å². The number of alkyl halides is 3. The number of halogens is 3. The van der Waals surface area contributed by atoms with Crippen molar-refractivity contribution >= 4 is 11.6 Å². The monoisotopic (exact) mass is 526 g/mol. The van der Waals surface area contributed by atoms with Crippen molar-refractivity contribution < 1.29 is 18.0 Å². The average Bonchev–Trinajstić information content (AvgIpc) is 2.92. The number of nitrogens with zero attached hydrogens (tertiary/aromatic N) is 3. The van der Waals surface area contributed by atoms with Crippen LogP contribution in [0, 0.1) is 6.92 Å². The Morgan fingerprint density at radius 2 is 1.76 bits per heavy atom. The summed E-state index contributed by atoms with van der Waals surface area (Å²) >= 11 is 0. The second kappa shape index (κ2) is 12.5. The van der Waals surface area contributed by atoms with Crippen LogP contribution in [0.4, 0.5) is 19.0 Å². The summed E-state index contributed by atoms with van der Waals surface area (Å²) in [5.41, 5.74) is 3.47. The van der Waals surface area contributed by atoms with E-state index >= 15 is 0 Å². The van der Waals surface area contributed by atoms with Crippen LogP contribution in [0.25, 0.3) is 11.4 Å². The number of hydrogen-bond acceptors (Lipinski definition) is 5. The van der Waals surface area contributed by atoms with Gasteiger partial charge in [-0.25, -0.2) is 15.0 Å². The van der Waals surface area contributed by atoms with Gasteiger partial charge in [-0.1, -0.05) is 46.2 Å². The van der Waals surface area contributed by atoms with Crippen molar-refractivity contribution in [3.05, 3.63) is 71.2 Å². The first-order valence-corrected chi connectivity index (χ1v) is 13.3. The maximum Gasteiger partial charge on any atom is 0.416 e. The third-order valence-electron chi connectivity index (χ3n) is 7.33. The van der Waals surface area contributed by atoms with Crippen molar-refractivity contribution in [3.8, 4) is 11.4 Å². The van der Waals surface area contributed by atoms with Gasteiger partial charge in [-0.15, -0.1) is 0 Å². The fourth-order valence-electron chi connectivity index (χ4n) is 4.86. The van der Waals surface area contributed by atoms with Gasteiger partial charge in [-0.2, -0.15) is 13.2 Å². The Kier molecular flexibility index (Phi) is 9.63. The quantitative estimate of drug-likeness (QED) is 0.338. The van der Waals surface area contributed by atoms with Crippen LogP contribution in [-0.2, 0) is 17.4 Å². The summed E-state index contributed by atoms with van der Waals surface area (Å²) in [6.45, 7) is 10.0. The number of aryl methyl sites for hydroxylation is 2. The molecule has 0 spiro atoms. The van der Waals surface area contributed by atoms with Crippen LogP contribution < -0.4 is 5.32 Å². The standard InChI is InChI=1S/C18H24N4.C12H13F3O/c1-4-8-18(5-2)9-7-14-12-15(13(3)21-16(14)22-18)17-19-10-6-11-20-17;1-3-11(16)8(2)9-4-6-10(7-5-9)12(13,14)15/h6,10-12H,4-5,7-9H2,1-3H3,(H,21,22);4-8H,3H2,1-2H3. The highest BCUT2D eigenvalue weighted by molar-refractivity contribution is 5.85. The molecule has 0 bridgehead atoms. The maximum atomic E-state index is 12.3. The van der Waals surface area contributed by atoms with E-state index in [-0.39, 0.29) is 17.2 Å². The number of hydrogen-bond donors (Lipinski definition) is 1. The number of rotatable bonds is 7. The van der Waals surface area contributed by atoms with E-state index in [0.717, 1.165) is 47.9 Å². The highest BCUT2D eigenvalue weighted by Crippen LogP contribution is 2.37. The topological polar surface area (TPSA) is 67.8 Å². The molecule has 3 heterocycles. The van der Waals surface area contributed by atoms with Crippen LogP contribution in [0.15, 0.2) is 48.8 Å². The second-order valence-corrected chi connectivity index (χ2v) is 9.87. The molecule has 38 heavy (non-hydrogen) atoms. The van der Waals surface area contributed by atoms with Crippen LogP contribution in [0.2, 0.25) is 0 Å². The van der Waals surface area contributed by atoms with Gasteiger partial charge >= 0.3 is 6.18 Å². The molecule has 8 heteroatoms. The molecule has 0 amide bonds. The first-order chi connectivity index (χ1) is 18.0. The van der Waals surface area contributed by atoms with Crippen molar-refractivity contribution in [1.82, 2.24) is 15.0 Å². The molecule has 0 saturated carbocycles. The zero-order chi connectivity index (χ0) is 27.9. The summed E-state index contributed by atoms with van der Waals surface area (Å²) in [5, 5.41) is 3.73. The van der Waals surface area contributed by atoms with Crippen molar-refractivity contribution in [2.24, 2.45) is 0 Å². The Balaban J connectivity index is 0.000000223. The summed E-state index contributed by atoms with van der Waals surface area (Å²) in [7, 11) is 0. The summed E-state index contributed by atoms with van der Waals surface area (Å²) in [6.07, 6.45) is 5.42. The average molecular weight is 527 g/mol. The van der Waals surface area contributed by atoms with Gasteiger partial charge in [-0.3, -0.25) is 4.79 Å². The van der Waals surface area contributed by atoms with Crippen LogP contribution in [0.1, 0.15) is 88.1 Å². The fraction of sp³-hybridized carbons (Fsp3) is 0.467. The van der Waals surface area contributed by atoms with Gasteiger partial charge in [0.25, 0.3) is 0 Å². The molecule has 0 fully saturated rings. The smallest absolute Gasteiger partial charge is 0.364 e. The van der Waals surface area contributed by atoms with Crippen LogP contribution >= 0.6 is 0 Å². The zero-order valence-corrected chi connectivity index (χ0v) is 22.8. The zero-order valence-electron chi connectivity index (χ0n) is 22.8. The molecule has 204 valence electrons. The number of aromatic nitrogens is 3. The molecule has 2 atom stereocenters. The number of carbonyl (C=O) groups excluding carboxylic acids is 1. The van der Waals surface area contributed by atoms with Crippen molar-refractivity contribution in [1.29, 1.82) is 0 Å². The Hall–Kier alpha value is -3.29. The molecule has 0 radical (unpaired) electrons. The third kappa shape index (κ3) is 6.97. The number of carbonyl (C=O) groups is 1. The number of Topliss-reactive ketones (excluding diaryl/α,β-unsaturated/α-hetero) is 1. The molecule has 0 aliphatic carbocycles. The minimum Gasteiger partial charge on any atom is -0.364 e. The maximum absolute atomic E-state index is 12.3. The summed E-state index contributed by atoms with van der Waals surface area (Å²) in [5.74, 6) is 1.50. The van der Waals surface area contributed by atoms with Gasteiger partial charge in [0, 0.05) is 35.8 Å². The van der Waals surface area contributed by atoms with Gasteiger partial charge in [0.1, 0.15) is 11.6 Å². The highest BCUT2D eigenvalue weighted by Gasteiger charge is 2.33. The van der Waals surface area contributed by atoms with Crippen LogP contribution in [0.3, 0.4) is 0 Å². The lowest BCUT2D eigenvalue weighted by atomic mass is 9.81. The van der Waals surface area contributed by atoms with E-state index in [4.69, 9.17) is 4.98 Å². The summed E-state index contributed by atoms with van der Waals surface area (Å²) < 4.78 is 36.8. The third-order valence-corrected chi connectivity index (χ3v) is 7.33. The highest BCUT2D eigenvalue weighted by atomic mass is 19.4. The number of anilines is 1. The van der Waals surface area contributed by atoms with Gasteiger partial charge in [0.2, 0.25) is 0 Å². The van der Waals surface area contributed by atoms with E-state index in [1.54, 1.807) is 26.2 Å². The molecule has 0 saturated heterocycles. The molecule has 1 aliphatic rings. The molecule has 1 aliphatic heterocycles. The van der Waals surface area contributed by atoms with E-state index in [1.165, 1.54) is 37.0 Å². The molecule has 1 aromatic carbocycles. The van der Waals surface area contributed by atoms with Gasteiger partial charge in [-0.05, 0) is 68.0 Å². The summed E-state index contributed by atoms with van der Waals surface area (Å²) in [6, 6.07) is 8.80. The van der Waals surface area contributed by atoms with Gasteiger partial charge in [0.15, 0.2) is 5.82 Å². The Morgan fingerprint density at radius 3 is 2.32 bits per heavy atom. The number of nitrogens with one attached hydrogen (secondary N) is 1. The molecule has 4 rings (SSSR count). The molecule has 3 aromatic rings. The summed E-state index contributed by atoms with van der Waals surface area (Å²) in [4.78, 5) is 24.9. The molecule has 2 aromatic heterocycles. The van der Waals surface area contributed by atoms with E-state index in [0.29, 0.717) is 12.0 Å². The largest absolute Gasteiger partial charge is 0.416 e. The first-order valence-electron chi connectivity index (χ1n) is 13.3. The van der Waals surface area contributed by atoms with E-state index in [9.17, 15) is 18.0 Å². The van der Waals surface area contributed by atoms with Crippen LogP contribution in [0.5, 0.6) is 0 Å². The number of pyridine rings is 1. The lowest BCUT2D eigenvalue weighted by Crippen LogP contribution is -2.41. The van der Waals surface area contributed by atoms with E-state index in [1.807, 2.05) is 13.0 Å². The lowest BCUT2D eigenvalue weighted by Gasteiger charge is -2.39. The second-order valence-electron chi connectivity index (χ2n) is 9.87. The molecule has 1 N–H and O–H groups in total. The number of ketones is 1. The fourth-order valence-corrected chi connectivity index (χ4v) is 4.86. The van der Waals surface area contributed by atoms with E-state index < -0.39 is 11.7 Å². The van der Waals surface area contributed by atoms with Crippen molar-refractivity contribution in [2.45, 2.75) is 90.8 Å². The first kappa shape index (κ1) is 29.3. The number of benzene rings is 1. The minimum atomic E-state index is -4.32. The predicted molar refractivity (Wildman–Crippen MR) is 145 cm³/mol. The normalized spacial score (nSPS) is 17.5. The predicted octanol–water partition coefficient (Wildman–Crippen LogP) is 7.94.